The van der Waals surface area contributed by atoms with Gasteiger partial charge in [0.2, 0.25) is 0 Å². The second-order valence-corrected chi connectivity index (χ2v) is 6.63. The molecule has 7 heteroatoms. The maximum Gasteiger partial charge on any atom is 0.271 e. The van der Waals surface area contributed by atoms with E-state index < -0.39 is 0 Å². The zero-order chi connectivity index (χ0) is 21.3. The van der Waals surface area contributed by atoms with Crippen LogP contribution in [-0.4, -0.2) is 26.3 Å². The molecule has 0 saturated carbocycles. The van der Waals surface area contributed by atoms with Gasteiger partial charge in [-0.25, -0.2) is 5.43 Å². The molecule has 0 saturated heterocycles. The predicted octanol–water partition coefficient (Wildman–Crippen LogP) is 4.70. The van der Waals surface area contributed by atoms with E-state index in [1.807, 2.05) is 30.3 Å². The minimum Gasteiger partial charge on any atom is -0.497 e. The predicted molar refractivity (Wildman–Crippen MR) is 117 cm³/mol. The number of halogens is 1. The standard InChI is InChI=1S/C23H21ClN2O4/c1-28-19-8-5-7-17(13-19)23(27)26-25-14-16-10-11-21(22(12-16)29-2)30-15-18-6-3-4-9-20(18)24/h3-14H,15H2,1-2H3,(H,26,27)/b25-14+. The Morgan fingerprint density at radius 2 is 1.83 bits per heavy atom. The molecule has 0 fully saturated rings. The average molecular weight is 425 g/mol. The summed E-state index contributed by atoms with van der Waals surface area (Å²) in [6.45, 7) is 0.320. The van der Waals surface area contributed by atoms with E-state index in [1.54, 1.807) is 50.6 Å². The van der Waals surface area contributed by atoms with Crippen molar-refractivity contribution in [2.45, 2.75) is 6.61 Å². The molecule has 1 amide bonds. The van der Waals surface area contributed by atoms with Gasteiger partial charge in [-0.2, -0.15) is 5.10 Å². The van der Waals surface area contributed by atoms with Crippen LogP contribution in [-0.2, 0) is 6.61 Å². The van der Waals surface area contributed by atoms with Gasteiger partial charge in [-0.05, 0) is 48.0 Å². The molecular weight excluding hydrogens is 404 g/mol. The molecule has 0 aliphatic carbocycles. The molecule has 0 aliphatic rings. The van der Waals surface area contributed by atoms with Crippen LogP contribution >= 0.6 is 11.6 Å². The van der Waals surface area contributed by atoms with Gasteiger partial charge in [-0.1, -0.05) is 35.9 Å². The highest BCUT2D eigenvalue weighted by atomic mass is 35.5. The topological polar surface area (TPSA) is 69.2 Å². The Morgan fingerprint density at radius 3 is 2.60 bits per heavy atom. The summed E-state index contributed by atoms with van der Waals surface area (Å²) in [6, 6.07) is 19.7. The van der Waals surface area contributed by atoms with Gasteiger partial charge in [0.25, 0.3) is 5.91 Å². The lowest BCUT2D eigenvalue weighted by Crippen LogP contribution is -2.17. The van der Waals surface area contributed by atoms with Crippen molar-refractivity contribution in [1.82, 2.24) is 5.43 Å². The van der Waals surface area contributed by atoms with E-state index in [9.17, 15) is 4.79 Å². The largest absolute Gasteiger partial charge is 0.497 e. The highest BCUT2D eigenvalue weighted by molar-refractivity contribution is 6.31. The normalized spacial score (nSPS) is 10.6. The molecule has 3 aromatic carbocycles. The lowest BCUT2D eigenvalue weighted by atomic mass is 10.2. The SMILES string of the molecule is COc1cccc(C(=O)N/N=C/c2ccc(OCc3ccccc3Cl)c(OC)c2)c1. The van der Waals surface area contributed by atoms with Crippen molar-refractivity contribution in [3.63, 3.8) is 0 Å². The fourth-order valence-corrected chi connectivity index (χ4v) is 2.84. The van der Waals surface area contributed by atoms with Crippen molar-refractivity contribution in [3.05, 3.63) is 88.4 Å². The molecule has 0 bridgehead atoms. The molecule has 0 spiro atoms. The van der Waals surface area contributed by atoms with Crippen molar-refractivity contribution < 1.29 is 19.0 Å². The first kappa shape index (κ1) is 21.2. The third-order valence-electron chi connectivity index (χ3n) is 4.24. The second kappa shape index (κ2) is 10.3. The van der Waals surface area contributed by atoms with Crippen molar-refractivity contribution in [3.8, 4) is 17.2 Å². The first-order valence-electron chi connectivity index (χ1n) is 9.12. The van der Waals surface area contributed by atoms with Crippen molar-refractivity contribution in [2.24, 2.45) is 5.10 Å². The molecule has 3 rings (SSSR count). The summed E-state index contributed by atoms with van der Waals surface area (Å²) in [7, 11) is 3.10. The van der Waals surface area contributed by atoms with Crippen LogP contribution in [0.1, 0.15) is 21.5 Å². The Bertz CT molecular complexity index is 1050. The van der Waals surface area contributed by atoms with Gasteiger partial charge in [0, 0.05) is 16.1 Å². The van der Waals surface area contributed by atoms with E-state index in [4.69, 9.17) is 25.8 Å². The Morgan fingerprint density at radius 1 is 1.00 bits per heavy atom. The minimum absolute atomic E-state index is 0.320. The number of methoxy groups -OCH3 is 2. The van der Waals surface area contributed by atoms with Crippen LogP contribution in [0, 0.1) is 0 Å². The maximum absolute atomic E-state index is 12.2. The van der Waals surface area contributed by atoms with Crippen molar-refractivity contribution >= 4 is 23.7 Å². The molecule has 0 radical (unpaired) electrons. The molecule has 0 aromatic heterocycles. The van der Waals surface area contributed by atoms with E-state index in [0.29, 0.717) is 34.4 Å². The molecule has 3 aromatic rings. The highest BCUT2D eigenvalue weighted by Gasteiger charge is 2.08. The van der Waals surface area contributed by atoms with Crippen molar-refractivity contribution in [1.29, 1.82) is 0 Å². The summed E-state index contributed by atoms with van der Waals surface area (Å²) in [5.74, 6) is 1.39. The van der Waals surface area contributed by atoms with Gasteiger partial charge in [0.1, 0.15) is 12.4 Å². The molecule has 0 heterocycles. The zero-order valence-electron chi connectivity index (χ0n) is 16.6. The summed E-state index contributed by atoms with van der Waals surface area (Å²) in [5.41, 5.74) is 4.56. The summed E-state index contributed by atoms with van der Waals surface area (Å²) in [5, 5.41) is 4.65. The van der Waals surface area contributed by atoms with Crippen LogP contribution < -0.4 is 19.6 Å². The van der Waals surface area contributed by atoms with Gasteiger partial charge >= 0.3 is 0 Å². The number of hydrogen-bond acceptors (Lipinski definition) is 5. The van der Waals surface area contributed by atoms with Crippen LogP contribution in [0.5, 0.6) is 17.2 Å². The van der Waals surface area contributed by atoms with Crippen molar-refractivity contribution in [2.75, 3.05) is 14.2 Å². The molecule has 1 N–H and O–H groups in total. The summed E-state index contributed by atoms with van der Waals surface area (Å²) >= 11 is 6.16. The summed E-state index contributed by atoms with van der Waals surface area (Å²) < 4.78 is 16.4. The monoisotopic (exact) mass is 424 g/mol. The molecule has 6 nitrogen and oxygen atoms in total. The van der Waals surface area contributed by atoms with Gasteiger partial charge in [0.15, 0.2) is 11.5 Å². The van der Waals surface area contributed by atoms with E-state index in [2.05, 4.69) is 10.5 Å². The van der Waals surface area contributed by atoms with Crippen LogP contribution in [0.15, 0.2) is 71.8 Å². The number of amides is 1. The first-order valence-corrected chi connectivity index (χ1v) is 9.50. The summed E-state index contributed by atoms with van der Waals surface area (Å²) in [6.07, 6.45) is 1.53. The average Bonchev–Trinajstić information content (AvgIpc) is 2.78. The third kappa shape index (κ3) is 5.52. The number of carbonyl (C=O) groups excluding carboxylic acids is 1. The lowest BCUT2D eigenvalue weighted by molar-refractivity contribution is 0.0955. The Hall–Kier alpha value is -3.51. The molecular formula is C23H21ClN2O4. The Balaban J connectivity index is 1.63. The Kier molecular flexibility index (Phi) is 7.29. The smallest absolute Gasteiger partial charge is 0.271 e. The van der Waals surface area contributed by atoms with Gasteiger partial charge in [-0.3, -0.25) is 4.79 Å². The molecule has 154 valence electrons. The number of nitrogens with one attached hydrogen (secondary N) is 1. The number of hydrazone groups is 1. The highest BCUT2D eigenvalue weighted by Crippen LogP contribution is 2.29. The number of ether oxygens (including phenoxy) is 3. The number of carbonyl (C=O) groups is 1. The fraction of sp³-hybridized carbons (Fsp3) is 0.130. The molecule has 0 atom stereocenters. The van der Waals surface area contributed by atoms with Crippen LogP contribution in [0.4, 0.5) is 0 Å². The van der Waals surface area contributed by atoms with E-state index in [-0.39, 0.29) is 5.91 Å². The number of rotatable bonds is 8. The quantitative estimate of drug-likeness (QED) is 0.420. The third-order valence-corrected chi connectivity index (χ3v) is 4.61. The second-order valence-electron chi connectivity index (χ2n) is 6.22. The van der Waals surface area contributed by atoms with Gasteiger partial charge in [0.05, 0.1) is 20.4 Å². The zero-order valence-corrected chi connectivity index (χ0v) is 17.3. The number of hydrogen-bond donors (Lipinski definition) is 1. The maximum atomic E-state index is 12.2. The van der Waals surface area contributed by atoms with E-state index in [0.717, 1.165) is 11.1 Å². The minimum atomic E-state index is -0.336. The van der Waals surface area contributed by atoms with Crippen LogP contribution in [0.2, 0.25) is 5.02 Å². The fourth-order valence-electron chi connectivity index (χ4n) is 2.65. The van der Waals surface area contributed by atoms with E-state index >= 15 is 0 Å². The molecule has 0 unspecified atom stereocenters. The van der Waals surface area contributed by atoms with Gasteiger partial charge in [-0.15, -0.1) is 0 Å². The van der Waals surface area contributed by atoms with Crippen LogP contribution in [0.25, 0.3) is 0 Å². The van der Waals surface area contributed by atoms with Crippen LogP contribution in [0.3, 0.4) is 0 Å². The number of nitrogens with zero attached hydrogens (tertiary/aromatic N) is 1. The molecule has 30 heavy (non-hydrogen) atoms. The molecule has 0 aliphatic heterocycles. The number of benzene rings is 3. The lowest BCUT2D eigenvalue weighted by Gasteiger charge is -2.12. The first-order chi connectivity index (χ1) is 14.6. The van der Waals surface area contributed by atoms with Gasteiger partial charge < -0.3 is 14.2 Å². The van der Waals surface area contributed by atoms with E-state index in [1.165, 1.54) is 6.21 Å². The summed E-state index contributed by atoms with van der Waals surface area (Å²) in [4.78, 5) is 12.2. The Labute approximate surface area is 180 Å².